The number of benzene rings is 2. The predicted molar refractivity (Wildman–Crippen MR) is 136 cm³/mol. The van der Waals surface area contributed by atoms with Gasteiger partial charge in [-0.2, -0.15) is 0 Å². The standard InChI is InChI=1S/C25H29N5O5S/c1-17(16-32)27-22-15-21(25(11-12-25)36(34,35)20-5-3-2-4-6-20)29-23(30-22)18-7-9-19(10-8-18)28-24(33)26-13-14-31/h2-10,15,17,31-32H,11-14,16H2,1H3,(H2,26,28,33)(H,27,29,30)/t17-/m0/s1. The predicted octanol–water partition coefficient (Wildman–Crippen LogP) is 2.51. The average molecular weight is 512 g/mol. The van der Waals surface area contributed by atoms with Gasteiger partial charge in [-0.15, -0.1) is 0 Å². The van der Waals surface area contributed by atoms with Crippen LogP contribution in [0.2, 0.25) is 0 Å². The molecular formula is C25H29N5O5S. The van der Waals surface area contributed by atoms with Crippen LogP contribution in [0.3, 0.4) is 0 Å². The first-order valence-corrected chi connectivity index (χ1v) is 13.1. The Labute approximate surface area is 209 Å². The Bertz CT molecular complexity index is 1310. The second-order valence-electron chi connectivity index (χ2n) is 8.68. The molecule has 0 saturated heterocycles. The lowest BCUT2D eigenvalue weighted by Gasteiger charge is -2.19. The van der Waals surface area contributed by atoms with Crippen LogP contribution in [0, 0.1) is 0 Å². The largest absolute Gasteiger partial charge is 0.395 e. The second-order valence-corrected chi connectivity index (χ2v) is 10.9. The topological polar surface area (TPSA) is 154 Å². The highest BCUT2D eigenvalue weighted by atomic mass is 32.2. The lowest BCUT2D eigenvalue weighted by atomic mass is 10.1. The number of amides is 2. The summed E-state index contributed by atoms with van der Waals surface area (Å²) in [5, 5.41) is 26.6. The Balaban J connectivity index is 1.69. The molecule has 1 aliphatic carbocycles. The zero-order valence-corrected chi connectivity index (χ0v) is 20.6. The molecule has 2 aromatic carbocycles. The van der Waals surface area contributed by atoms with Crippen molar-refractivity contribution in [2.24, 2.45) is 0 Å². The number of rotatable bonds is 10. The van der Waals surface area contributed by atoms with E-state index >= 15 is 0 Å². The lowest BCUT2D eigenvalue weighted by Crippen LogP contribution is -2.30. The van der Waals surface area contributed by atoms with Crippen LogP contribution in [-0.2, 0) is 14.6 Å². The highest BCUT2D eigenvalue weighted by molar-refractivity contribution is 7.92. The van der Waals surface area contributed by atoms with E-state index in [-0.39, 0.29) is 30.7 Å². The van der Waals surface area contributed by atoms with Gasteiger partial charge < -0.3 is 26.2 Å². The summed E-state index contributed by atoms with van der Waals surface area (Å²) < 4.78 is 26.0. The van der Waals surface area contributed by atoms with Crippen molar-refractivity contribution < 1.29 is 23.4 Å². The number of urea groups is 1. The maximum Gasteiger partial charge on any atom is 0.319 e. The van der Waals surface area contributed by atoms with E-state index in [0.29, 0.717) is 41.4 Å². The maximum absolute atomic E-state index is 13.6. The summed E-state index contributed by atoms with van der Waals surface area (Å²) in [6, 6.07) is 16.1. The van der Waals surface area contributed by atoms with Gasteiger partial charge in [0.2, 0.25) is 0 Å². The Kier molecular flexibility index (Phi) is 7.53. The summed E-state index contributed by atoms with van der Waals surface area (Å²) in [5.41, 5.74) is 1.56. The minimum absolute atomic E-state index is 0.124. The first-order chi connectivity index (χ1) is 17.3. The third-order valence-corrected chi connectivity index (χ3v) is 8.47. The molecule has 1 heterocycles. The molecule has 0 spiro atoms. The number of carbonyl (C=O) groups excluding carboxylic acids is 1. The van der Waals surface area contributed by atoms with Gasteiger partial charge in [-0.1, -0.05) is 18.2 Å². The third kappa shape index (κ3) is 5.32. The van der Waals surface area contributed by atoms with Crippen LogP contribution >= 0.6 is 0 Å². The average Bonchev–Trinajstić information content (AvgIpc) is 3.71. The molecular weight excluding hydrogens is 482 g/mol. The normalized spacial score (nSPS) is 15.1. The molecule has 2 amide bonds. The number of hydrogen-bond donors (Lipinski definition) is 5. The van der Waals surface area contributed by atoms with Crippen molar-refractivity contribution in [3.8, 4) is 11.4 Å². The summed E-state index contributed by atoms with van der Waals surface area (Å²) in [7, 11) is -3.70. The maximum atomic E-state index is 13.6. The molecule has 0 radical (unpaired) electrons. The van der Waals surface area contributed by atoms with Crippen LogP contribution in [0.25, 0.3) is 11.4 Å². The van der Waals surface area contributed by atoms with Crippen molar-refractivity contribution in [2.75, 3.05) is 30.4 Å². The minimum Gasteiger partial charge on any atom is -0.395 e. The number of nitrogens with one attached hydrogen (secondary N) is 3. The molecule has 0 bridgehead atoms. The van der Waals surface area contributed by atoms with Crippen LogP contribution in [0.5, 0.6) is 0 Å². The van der Waals surface area contributed by atoms with Crippen molar-refractivity contribution in [1.82, 2.24) is 15.3 Å². The van der Waals surface area contributed by atoms with Crippen molar-refractivity contribution in [3.05, 3.63) is 66.4 Å². The molecule has 1 aliphatic rings. The second kappa shape index (κ2) is 10.6. The van der Waals surface area contributed by atoms with E-state index in [1.54, 1.807) is 67.6 Å². The summed E-state index contributed by atoms with van der Waals surface area (Å²) in [6.07, 6.45) is 0.892. The van der Waals surface area contributed by atoms with E-state index in [4.69, 9.17) is 5.11 Å². The number of aromatic nitrogens is 2. The number of anilines is 2. The minimum atomic E-state index is -3.70. The van der Waals surface area contributed by atoms with Gasteiger partial charge >= 0.3 is 6.03 Å². The first-order valence-electron chi connectivity index (χ1n) is 11.6. The molecule has 0 unspecified atom stereocenters. The number of sulfone groups is 1. The first kappa shape index (κ1) is 25.5. The molecule has 1 saturated carbocycles. The Hall–Kier alpha value is -3.54. The number of hydrogen-bond acceptors (Lipinski definition) is 8. The molecule has 3 aromatic rings. The van der Waals surface area contributed by atoms with Gasteiger partial charge in [-0.3, -0.25) is 0 Å². The number of aliphatic hydroxyl groups is 2. The molecule has 10 nitrogen and oxygen atoms in total. The molecule has 1 fully saturated rings. The summed E-state index contributed by atoms with van der Waals surface area (Å²) in [4.78, 5) is 21.3. The molecule has 190 valence electrons. The van der Waals surface area contributed by atoms with Gasteiger partial charge in [0.15, 0.2) is 15.7 Å². The Morgan fingerprint density at radius 1 is 1.06 bits per heavy atom. The number of aliphatic hydroxyl groups excluding tert-OH is 2. The van der Waals surface area contributed by atoms with Crippen LogP contribution in [-0.4, -0.2) is 60.4 Å². The third-order valence-electron chi connectivity index (χ3n) is 5.93. The van der Waals surface area contributed by atoms with Crippen molar-refractivity contribution >= 4 is 27.4 Å². The van der Waals surface area contributed by atoms with Gasteiger partial charge in [0.25, 0.3) is 0 Å². The lowest BCUT2D eigenvalue weighted by molar-refractivity contribution is 0.245. The molecule has 36 heavy (non-hydrogen) atoms. The van der Waals surface area contributed by atoms with Crippen LogP contribution < -0.4 is 16.0 Å². The fraction of sp³-hybridized carbons (Fsp3) is 0.320. The van der Waals surface area contributed by atoms with E-state index in [1.165, 1.54) is 0 Å². The monoisotopic (exact) mass is 511 g/mol. The van der Waals surface area contributed by atoms with Gasteiger partial charge in [-0.05, 0) is 56.2 Å². The van der Waals surface area contributed by atoms with E-state index < -0.39 is 20.6 Å². The SMILES string of the molecule is C[C@@H](CO)Nc1cc(C2(S(=O)(=O)c3ccccc3)CC2)nc(-c2ccc(NC(=O)NCCO)cc2)n1. The Morgan fingerprint density at radius 2 is 1.75 bits per heavy atom. The summed E-state index contributed by atoms with van der Waals surface area (Å²) in [5.74, 6) is 0.739. The molecule has 4 rings (SSSR count). The smallest absolute Gasteiger partial charge is 0.319 e. The molecule has 0 aliphatic heterocycles. The van der Waals surface area contributed by atoms with Crippen LogP contribution in [0.4, 0.5) is 16.3 Å². The molecule has 5 N–H and O–H groups in total. The molecule has 11 heteroatoms. The number of carbonyl (C=O) groups is 1. The van der Waals surface area contributed by atoms with E-state index in [2.05, 4.69) is 25.9 Å². The van der Waals surface area contributed by atoms with Crippen LogP contribution in [0.15, 0.2) is 65.6 Å². The van der Waals surface area contributed by atoms with Gasteiger partial charge in [0.05, 0.1) is 23.8 Å². The van der Waals surface area contributed by atoms with Gasteiger partial charge in [0.1, 0.15) is 10.6 Å². The van der Waals surface area contributed by atoms with Crippen LogP contribution in [0.1, 0.15) is 25.5 Å². The number of nitrogens with zero attached hydrogens (tertiary/aromatic N) is 2. The fourth-order valence-electron chi connectivity index (χ4n) is 3.83. The van der Waals surface area contributed by atoms with E-state index in [0.717, 1.165) is 0 Å². The summed E-state index contributed by atoms with van der Waals surface area (Å²) in [6.45, 7) is 1.64. The van der Waals surface area contributed by atoms with Crippen molar-refractivity contribution in [3.63, 3.8) is 0 Å². The highest BCUT2D eigenvalue weighted by Gasteiger charge is 2.57. The molecule has 1 aromatic heterocycles. The summed E-state index contributed by atoms with van der Waals surface area (Å²) >= 11 is 0. The van der Waals surface area contributed by atoms with Crippen molar-refractivity contribution in [1.29, 1.82) is 0 Å². The Morgan fingerprint density at radius 3 is 2.36 bits per heavy atom. The van der Waals surface area contributed by atoms with Crippen molar-refractivity contribution in [2.45, 2.75) is 35.4 Å². The quantitative estimate of drug-likeness (QED) is 0.278. The van der Waals surface area contributed by atoms with E-state index in [9.17, 15) is 18.3 Å². The van der Waals surface area contributed by atoms with E-state index in [1.807, 2.05) is 0 Å². The fourth-order valence-corrected chi connectivity index (χ4v) is 5.82. The zero-order chi connectivity index (χ0) is 25.8. The zero-order valence-electron chi connectivity index (χ0n) is 19.8. The highest BCUT2D eigenvalue weighted by Crippen LogP contribution is 2.55. The molecule has 1 atom stereocenters. The van der Waals surface area contributed by atoms with Gasteiger partial charge in [0, 0.05) is 29.9 Å². The van der Waals surface area contributed by atoms with Gasteiger partial charge in [-0.25, -0.2) is 23.2 Å².